The van der Waals surface area contributed by atoms with Crippen molar-refractivity contribution in [1.29, 1.82) is 0 Å². The van der Waals surface area contributed by atoms with E-state index in [1.807, 2.05) is 12.1 Å². The molecule has 2 nitrogen and oxygen atoms in total. The second-order valence-electron chi connectivity index (χ2n) is 6.16. The molecule has 0 aliphatic heterocycles. The summed E-state index contributed by atoms with van der Waals surface area (Å²) in [7, 11) is 0. The topological polar surface area (TPSA) is 23.5 Å². The molecule has 0 radical (unpaired) electrons. The molecule has 1 N–H and O–H groups in total. The highest BCUT2D eigenvalue weighted by Gasteiger charge is 2.47. The van der Waals surface area contributed by atoms with Crippen molar-refractivity contribution in [2.45, 2.75) is 44.5 Å². The largest absolute Gasteiger partial charge is 0.388 e. The molecule has 1 saturated carbocycles. The fourth-order valence-electron chi connectivity index (χ4n) is 2.85. The number of hydrogen-bond acceptors (Lipinski definition) is 2. The number of aliphatic hydroxyl groups is 1. The van der Waals surface area contributed by atoms with Gasteiger partial charge < -0.3 is 5.11 Å². The standard InChI is InChI=1S/C19H23NO/c1-16(19(21)12-13-19)20(14-17-8-4-2-5-9-17)15-18-10-6-3-7-11-18/h2-11,16,21H,12-15H2,1H3. The van der Waals surface area contributed by atoms with Crippen molar-refractivity contribution in [2.24, 2.45) is 0 Å². The van der Waals surface area contributed by atoms with Crippen molar-refractivity contribution in [1.82, 2.24) is 4.90 Å². The molecule has 0 amide bonds. The zero-order valence-electron chi connectivity index (χ0n) is 12.6. The Labute approximate surface area is 127 Å². The molecule has 2 heteroatoms. The predicted molar refractivity (Wildman–Crippen MR) is 85.8 cm³/mol. The highest BCUT2D eigenvalue weighted by molar-refractivity contribution is 5.18. The first-order chi connectivity index (χ1) is 10.2. The molecule has 21 heavy (non-hydrogen) atoms. The minimum Gasteiger partial charge on any atom is -0.388 e. The molecule has 0 saturated heterocycles. The maximum atomic E-state index is 10.5. The van der Waals surface area contributed by atoms with Crippen LogP contribution in [-0.2, 0) is 13.1 Å². The number of hydrogen-bond donors (Lipinski definition) is 1. The van der Waals surface area contributed by atoms with Crippen LogP contribution < -0.4 is 0 Å². The molecule has 1 aliphatic rings. The summed E-state index contributed by atoms with van der Waals surface area (Å²) in [5.74, 6) is 0. The van der Waals surface area contributed by atoms with Crippen LogP contribution in [0.3, 0.4) is 0 Å². The summed E-state index contributed by atoms with van der Waals surface area (Å²) in [5, 5.41) is 10.5. The van der Waals surface area contributed by atoms with Crippen molar-refractivity contribution in [2.75, 3.05) is 0 Å². The van der Waals surface area contributed by atoms with Crippen molar-refractivity contribution in [3.63, 3.8) is 0 Å². The zero-order chi connectivity index (χ0) is 14.7. The highest BCUT2D eigenvalue weighted by Crippen LogP contribution is 2.41. The number of rotatable bonds is 6. The first-order valence-electron chi connectivity index (χ1n) is 7.72. The van der Waals surface area contributed by atoms with Crippen LogP contribution in [0.4, 0.5) is 0 Å². The smallest absolute Gasteiger partial charge is 0.0801 e. The van der Waals surface area contributed by atoms with Crippen molar-refractivity contribution in [3.05, 3.63) is 71.8 Å². The van der Waals surface area contributed by atoms with Gasteiger partial charge in [0.2, 0.25) is 0 Å². The average molecular weight is 281 g/mol. The van der Waals surface area contributed by atoms with E-state index in [2.05, 4.69) is 60.4 Å². The Morgan fingerprint density at radius 1 is 0.905 bits per heavy atom. The third-order valence-electron chi connectivity index (χ3n) is 4.54. The minimum absolute atomic E-state index is 0.179. The molecule has 0 heterocycles. The van der Waals surface area contributed by atoms with Gasteiger partial charge in [0, 0.05) is 19.1 Å². The van der Waals surface area contributed by atoms with Gasteiger partial charge in [-0.3, -0.25) is 4.90 Å². The summed E-state index contributed by atoms with van der Waals surface area (Å²) < 4.78 is 0. The molecule has 2 aromatic rings. The molecule has 0 aromatic heterocycles. The van der Waals surface area contributed by atoms with E-state index >= 15 is 0 Å². The van der Waals surface area contributed by atoms with Gasteiger partial charge in [0.15, 0.2) is 0 Å². The van der Waals surface area contributed by atoms with Gasteiger partial charge in [-0.15, -0.1) is 0 Å². The van der Waals surface area contributed by atoms with Crippen LogP contribution >= 0.6 is 0 Å². The summed E-state index contributed by atoms with van der Waals surface area (Å²) in [6, 6.07) is 21.2. The molecular formula is C19H23NO. The molecule has 1 atom stereocenters. The van der Waals surface area contributed by atoms with Crippen molar-refractivity contribution in [3.8, 4) is 0 Å². The summed E-state index contributed by atoms with van der Waals surface area (Å²) in [6.45, 7) is 3.90. The normalized spacial score (nSPS) is 17.7. The average Bonchev–Trinajstić information content (AvgIpc) is 3.27. The Morgan fingerprint density at radius 3 is 1.71 bits per heavy atom. The van der Waals surface area contributed by atoms with Gasteiger partial charge in [-0.05, 0) is 30.9 Å². The van der Waals surface area contributed by atoms with Gasteiger partial charge in [-0.25, -0.2) is 0 Å². The summed E-state index contributed by atoms with van der Waals surface area (Å²) in [6.07, 6.45) is 1.85. The first-order valence-corrected chi connectivity index (χ1v) is 7.72. The molecule has 110 valence electrons. The summed E-state index contributed by atoms with van der Waals surface area (Å²) >= 11 is 0. The van der Waals surface area contributed by atoms with E-state index in [9.17, 15) is 5.11 Å². The Hall–Kier alpha value is -1.64. The lowest BCUT2D eigenvalue weighted by Crippen LogP contribution is -2.42. The second-order valence-corrected chi connectivity index (χ2v) is 6.16. The molecule has 2 aromatic carbocycles. The predicted octanol–water partition coefficient (Wildman–Crippen LogP) is 3.60. The Morgan fingerprint density at radius 2 is 1.33 bits per heavy atom. The lowest BCUT2D eigenvalue weighted by atomic mass is 10.1. The minimum atomic E-state index is -0.483. The van der Waals surface area contributed by atoms with Crippen LogP contribution in [-0.4, -0.2) is 21.6 Å². The Kier molecular flexibility index (Phi) is 4.09. The molecule has 3 rings (SSSR count). The van der Waals surface area contributed by atoms with E-state index < -0.39 is 5.60 Å². The third kappa shape index (κ3) is 3.52. The van der Waals surface area contributed by atoms with Gasteiger partial charge in [-0.2, -0.15) is 0 Å². The summed E-state index contributed by atoms with van der Waals surface area (Å²) in [5.41, 5.74) is 2.11. The SMILES string of the molecule is CC(N(Cc1ccccc1)Cc1ccccc1)C1(O)CC1. The number of nitrogens with zero attached hydrogens (tertiary/aromatic N) is 1. The maximum absolute atomic E-state index is 10.5. The van der Waals surface area contributed by atoms with Gasteiger partial charge in [-0.1, -0.05) is 60.7 Å². The van der Waals surface area contributed by atoms with E-state index in [0.29, 0.717) is 0 Å². The molecule has 0 spiro atoms. The van der Waals surface area contributed by atoms with Crippen molar-refractivity contribution < 1.29 is 5.11 Å². The third-order valence-corrected chi connectivity index (χ3v) is 4.54. The van der Waals surface area contributed by atoms with Crippen LogP contribution in [0, 0.1) is 0 Å². The molecule has 0 bridgehead atoms. The van der Waals surface area contributed by atoms with E-state index in [0.717, 1.165) is 25.9 Å². The van der Waals surface area contributed by atoms with Gasteiger partial charge in [0.25, 0.3) is 0 Å². The molecule has 1 aliphatic carbocycles. The van der Waals surface area contributed by atoms with Gasteiger partial charge in [0.1, 0.15) is 0 Å². The van der Waals surface area contributed by atoms with Crippen LogP contribution in [0.1, 0.15) is 30.9 Å². The van der Waals surface area contributed by atoms with E-state index in [1.54, 1.807) is 0 Å². The van der Waals surface area contributed by atoms with E-state index in [4.69, 9.17) is 0 Å². The van der Waals surface area contributed by atoms with Gasteiger partial charge >= 0.3 is 0 Å². The van der Waals surface area contributed by atoms with Crippen LogP contribution in [0.5, 0.6) is 0 Å². The Balaban J connectivity index is 1.77. The fourth-order valence-corrected chi connectivity index (χ4v) is 2.85. The maximum Gasteiger partial charge on any atom is 0.0801 e. The second kappa shape index (κ2) is 6.00. The quantitative estimate of drug-likeness (QED) is 0.874. The van der Waals surface area contributed by atoms with Crippen LogP contribution in [0.2, 0.25) is 0 Å². The zero-order valence-corrected chi connectivity index (χ0v) is 12.6. The van der Waals surface area contributed by atoms with E-state index in [-0.39, 0.29) is 6.04 Å². The van der Waals surface area contributed by atoms with Gasteiger partial charge in [0.05, 0.1) is 5.60 Å². The Bertz CT molecular complexity index is 521. The fraction of sp³-hybridized carbons (Fsp3) is 0.368. The highest BCUT2D eigenvalue weighted by atomic mass is 16.3. The summed E-state index contributed by atoms with van der Waals surface area (Å²) in [4.78, 5) is 2.39. The number of benzene rings is 2. The monoisotopic (exact) mass is 281 g/mol. The van der Waals surface area contributed by atoms with Crippen LogP contribution in [0.25, 0.3) is 0 Å². The lowest BCUT2D eigenvalue weighted by molar-refractivity contribution is 0.0299. The van der Waals surface area contributed by atoms with Crippen molar-refractivity contribution >= 4 is 0 Å². The van der Waals surface area contributed by atoms with Crippen LogP contribution in [0.15, 0.2) is 60.7 Å². The first kappa shape index (κ1) is 14.3. The van der Waals surface area contributed by atoms with E-state index in [1.165, 1.54) is 11.1 Å². The lowest BCUT2D eigenvalue weighted by Gasteiger charge is -2.33. The molecule has 1 fully saturated rings. The molecule has 1 unspecified atom stereocenters. The molecular weight excluding hydrogens is 258 g/mol.